The molecule has 4 heteroatoms. The van der Waals surface area contributed by atoms with E-state index in [9.17, 15) is 14.9 Å². The van der Waals surface area contributed by atoms with Crippen LogP contribution in [0.5, 0.6) is 0 Å². The highest BCUT2D eigenvalue weighted by molar-refractivity contribution is 5.89. The molecule has 0 bridgehead atoms. The zero-order valence-electron chi connectivity index (χ0n) is 9.27. The topological polar surface area (TPSA) is 60.2 Å². The lowest BCUT2D eigenvalue weighted by atomic mass is 9.69. The van der Waals surface area contributed by atoms with Gasteiger partial charge in [0.15, 0.2) is 0 Å². The summed E-state index contributed by atoms with van der Waals surface area (Å²) in [7, 11) is 0. The maximum Gasteiger partial charge on any atom is 0.269 e. The van der Waals surface area contributed by atoms with Crippen molar-refractivity contribution in [1.82, 2.24) is 0 Å². The molecule has 1 fully saturated rings. The van der Waals surface area contributed by atoms with Crippen LogP contribution in [0.2, 0.25) is 0 Å². The molecule has 1 aliphatic carbocycles. The summed E-state index contributed by atoms with van der Waals surface area (Å²) in [5, 5.41) is 10.7. The third-order valence-corrected chi connectivity index (χ3v) is 3.41. The maximum absolute atomic E-state index is 11.2. The van der Waals surface area contributed by atoms with Gasteiger partial charge in [-0.2, -0.15) is 0 Å². The standard InChI is InChI=1S/C12H13NO3/c1-7-3-4-9(13(15)16)5-10(7)11-6-12(14)8(11)2/h3-5,8,11H,6H2,1-2H3. The molecule has 2 rings (SSSR count). The third kappa shape index (κ3) is 1.60. The second-order valence-electron chi connectivity index (χ2n) is 4.36. The van der Waals surface area contributed by atoms with Crippen molar-refractivity contribution in [2.75, 3.05) is 0 Å². The Hall–Kier alpha value is -1.71. The van der Waals surface area contributed by atoms with E-state index < -0.39 is 4.92 Å². The minimum Gasteiger partial charge on any atom is -0.299 e. The van der Waals surface area contributed by atoms with Crippen LogP contribution in [0.3, 0.4) is 0 Å². The van der Waals surface area contributed by atoms with E-state index in [2.05, 4.69) is 0 Å². The van der Waals surface area contributed by atoms with Crippen molar-refractivity contribution in [3.05, 3.63) is 39.4 Å². The van der Waals surface area contributed by atoms with E-state index in [0.717, 1.165) is 11.1 Å². The van der Waals surface area contributed by atoms with Gasteiger partial charge in [-0.25, -0.2) is 0 Å². The molecule has 0 amide bonds. The lowest BCUT2D eigenvalue weighted by molar-refractivity contribution is -0.385. The van der Waals surface area contributed by atoms with E-state index >= 15 is 0 Å². The van der Waals surface area contributed by atoms with Crippen molar-refractivity contribution in [2.24, 2.45) is 5.92 Å². The van der Waals surface area contributed by atoms with Gasteiger partial charge in [-0.15, -0.1) is 0 Å². The Labute approximate surface area is 93.4 Å². The number of Topliss-reactive ketones (excluding diaryl/α,β-unsaturated/α-hetero) is 1. The molecular weight excluding hydrogens is 206 g/mol. The van der Waals surface area contributed by atoms with Gasteiger partial charge in [0, 0.05) is 30.4 Å². The van der Waals surface area contributed by atoms with E-state index in [4.69, 9.17) is 0 Å². The van der Waals surface area contributed by atoms with Crippen LogP contribution in [0, 0.1) is 23.0 Å². The molecule has 2 atom stereocenters. The normalized spacial score (nSPS) is 24.0. The van der Waals surface area contributed by atoms with Crippen LogP contribution in [0.4, 0.5) is 5.69 Å². The van der Waals surface area contributed by atoms with E-state index in [1.807, 2.05) is 13.8 Å². The second-order valence-corrected chi connectivity index (χ2v) is 4.36. The van der Waals surface area contributed by atoms with Crippen molar-refractivity contribution in [1.29, 1.82) is 0 Å². The van der Waals surface area contributed by atoms with Crippen molar-refractivity contribution in [2.45, 2.75) is 26.2 Å². The first-order valence-corrected chi connectivity index (χ1v) is 5.28. The highest BCUT2D eigenvalue weighted by Crippen LogP contribution is 2.41. The molecule has 1 saturated carbocycles. The number of ketones is 1. The van der Waals surface area contributed by atoms with Crippen LogP contribution in [0.15, 0.2) is 18.2 Å². The smallest absolute Gasteiger partial charge is 0.269 e. The summed E-state index contributed by atoms with van der Waals surface area (Å²) in [4.78, 5) is 21.5. The number of hydrogen-bond donors (Lipinski definition) is 0. The van der Waals surface area contributed by atoms with Crippen LogP contribution in [0.25, 0.3) is 0 Å². The Morgan fingerprint density at radius 1 is 1.44 bits per heavy atom. The van der Waals surface area contributed by atoms with E-state index in [-0.39, 0.29) is 23.3 Å². The van der Waals surface area contributed by atoms with Crippen LogP contribution >= 0.6 is 0 Å². The summed E-state index contributed by atoms with van der Waals surface area (Å²) in [6.45, 7) is 3.81. The highest BCUT2D eigenvalue weighted by atomic mass is 16.6. The minimum absolute atomic E-state index is 0.000652. The molecule has 0 aliphatic heterocycles. The summed E-state index contributed by atoms with van der Waals surface area (Å²) < 4.78 is 0. The van der Waals surface area contributed by atoms with Gasteiger partial charge in [-0.3, -0.25) is 14.9 Å². The molecule has 0 heterocycles. The minimum atomic E-state index is -0.395. The van der Waals surface area contributed by atoms with Gasteiger partial charge in [-0.05, 0) is 18.1 Å². The molecule has 0 aromatic heterocycles. The number of carbonyl (C=O) groups excluding carboxylic acids is 1. The van der Waals surface area contributed by atoms with Crippen LogP contribution < -0.4 is 0 Å². The van der Waals surface area contributed by atoms with Gasteiger partial charge in [-0.1, -0.05) is 13.0 Å². The van der Waals surface area contributed by atoms with Gasteiger partial charge in [0.05, 0.1) is 4.92 Å². The average molecular weight is 219 g/mol. The van der Waals surface area contributed by atoms with Crippen molar-refractivity contribution < 1.29 is 9.72 Å². The fraction of sp³-hybridized carbons (Fsp3) is 0.417. The largest absolute Gasteiger partial charge is 0.299 e. The Kier molecular flexibility index (Phi) is 2.50. The number of nitro benzene ring substituents is 1. The molecule has 0 radical (unpaired) electrons. The zero-order valence-corrected chi connectivity index (χ0v) is 9.27. The molecular formula is C12H13NO3. The van der Waals surface area contributed by atoms with Crippen molar-refractivity contribution >= 4 is 11.5 Å². The molecule has 0 spiro atoms. The number of nitro groups is 1. The van der Waals surface area contributed by atoms with Crippen LogP contribution in [-0.2, 0) is 4.79 Å². The summed E-state index contributed by atoms with van der Waals surface area (Å²) in [6.07, 6.45) is 0.517. The van der Waals surface area contributed by atoms with Gasteiger partial charge in [0.2, 0.25) is 0 Å². The first-order valence-electron chi connectivity index (χ1n) is 5.28. The second kappa shape index (κ2) is 3.70. The number of rotatable bonds is 2. The lowest BCUT2D eigenvalue weighted by Crippen LogP contribution is -2.33. The maximum atomic E-state index is 11.2. The monoisotopic (exact) mass is 219 g/mol. The Morgan fingerprint density at radius 3 is 2.62 bits per heavy atom. The molecule has 2 unspecified atom stereocenters. The quantitative estimate of drug-likeness (QED) is 0.567. The highest BCUT2D eigenvalue weighted by Gasteiger charge is 2.38. The van der Waals surface area contributed by atoms with Gasteiger partial charge >= 0.3 is 0 Å². The summed E-state index contributed by atoms with van der Waals surface area (Å²) in [5.74, 6) is 0.406. The number of carbonyl (C=O) groups is 1. The summed E-state index contributed by atoms with van der Waals surface area (Å²) in [6, 6.07) is 4.86. The zero-order chi connectivity index (χ0) is 11.9. The molecule has 1 aliphatic rings. The number of aryl methyl sites for hydroxylation is 1. The molecule has 16 heavy (non-hydrogen) atoms. The van der Waals surface area contributed by atoms with Gasteiger partial charge in [0.25, 0.3) is 5.69 Å². The number of benzene rings is 1. The molecule has 0 N–H and O–H groups in total. The third-order valence-electron chi connectivity index (χ3n) is 3.41. The number of nitrogens with zero attached hydrogens (tertiary/aromatic N) is 1. The Balaban J connectivity index is 2.37. The summed E-state index contributed by atoms with van der Waals surface area (Å²) in [5.41, 5.74) is 2.07. The fourth-order valence-electron chi connectivity index (χ4n) is 2.16. The SMILES string of the molecule is Cc1ccc([N+](=O)[O-])cc1C1CC(=O)C1C. The fourth-order valence-corrected chi connectivity index (χ4v) is 2.16. The predicted molar refractivity (Wildman–Crippen MR) is 59.4 cm³/mol. The molecule has 1 aromatic rings. The van der Waals surface area contributed by atoms with E-state index in [1.165, 1.54) is 6.07 Å². The van der Waals surface area contributed by atoms with Gasteiger partial charge < -0.3 is 0 Å². The van der Waals surface area contributed by atoms with E-state index in [0.29, 0.717) is 6.42 Å². The lowest BCUT2D eigenvalue weighted by Gasteiger charge is -2.33. The Bertz CT molecular complexity index is 467. The summed E-state index contributed by atoms with van der Waals surface area (Å²) >= 11 is 0. The number of non-ortho nitro benzene ring substituents is 1. The first-order chi connectivity index (χ1) is 7.50. The van der Waals surface area contributed by atoms with Crippen LogP contribution in [0.1, 0.15) is 30.4 Å². The predicted octanol–water partition coefficient (Wildman–Crippen LogP) is 2.60. The van der Waals surface area contributed by atoms with Gasteiger partial charge in [0.1, 0.15) is 5.78 Å². The number of hydrogen-bond acceptors (Lipinski definition) is 3. The molecule has 4 nitrogen and oxygen atoms in total. The Morgan fingerprint density at radius 2 is 2.12 bits per heavy atom. The van der Waals surface area contributed by atoms with E-state index in [1.54, 1.807) is 12.1 Å². The molecule has 84 valence electrons. The first kappa shape index (κ1) is 10.8. The average Bonchev–Trinajstić information content (AvgIpc) is 2.26. The van der Waals surface area contributed by atoms with Crippen molar-refractivity contribution in [3.8, 4) is 0 Å². The molecule has 1 aromatic carbocycles. The van der Waals surface area contributed by atoms with Crippen LogP contribution in [-0.4, -0.2) is 10.7 Å². The molecule has 0 saturated heterocycles. The van der Waals surface area contributed by atoms with Crippen molar-refractivity contribution in [3.63, 3.8) is 0 Å².